The Morgan fingerprint density at radius 2 is 2.14 bits per heavy atom. The molecule has 0 aromatic carbocycles. The van der Waals surface area contributed by atoms with Crippen LogP contribution in [-0.2, 0) is 10.2 Å². The second kappa shape index (κ2) is 8.47. The van der Waals surface area contributed by atoms with Crippen LogP contribution in [0.4, 0.5) is 0 Å². The molecule has 1 rings (SSSR count). The van der Waals surface area contributed by atoms with Crippen LogP contribution in [0.3, 0.4) is 0 Å². The molecule has 0 radical (unpaired) electrons. The van der Waals surface area contributed by atoms with Crippen LogP contribution in [0.1, 0.15) is 44.4 Å². The van der Waals surface area contributed by atoms with Gasteiger partial charge in [0.25, 0.3) is 10.2 Å². The minimum atomic E-state index is -3.54. The lowest BCUT2D eigenvalue weighted by Gasteiger charge is -2.19. The normalized spacial score (nSPS) is 13.8. The highest BCUT2D eigenvalue weighted by molar-refractivity contribution is 7.87. The lowest BCUT2D eigenvalue weighted by Crippen LogP contribution is -2.40. The first-order valence-corrected chi connectivity index (χ1v) is 8.67. The van der Waals surface area contributed by atoms with Crippen LogP contribution >= 0.6 is 0 Å². The van der Waals surface area contributed by atoms with E-state index in [9.17, 15) is 8.42 Å². The second-order valence-corrected chi connectivity index (χ2v) is 6.89. The van der Waals surface area contributed by atoms with E-state index in [-0.39, 0.29) is 0 Å². The van der Waals surface area contributed by atoms with Crippen molar-refractivity contribution < 1.29 is 12.8 Å². The summed E-state index contributed by atoms with van der Waals surface area (Å²) >= 11 is 0. The van der Waals surface area contributed by atoms with Crippen LogP contribution in [0.5, 0.6) is 0 Å². The molecule has 0 saturated carbocycles. The molecule has 1 atom stereocenters. The van der Waals surface area contributed by atoms with Crippen molar-refractivity contribution >= 4 is 10.2 Å². The van der Waals surface area contributed by atoms with E-state index < -0.39 is 16.3 Å². The molecule has 7 nitrogen and oxygen atoms in total. The quantitative estimate of drug-likeness (QED) is 0.633. The standard InChI is InChI=1S/C13H26N4O3S/c1-5-7-14-8-6-9-17(4)21(18,19)16-12(3)13-15-10-11(2)20-13/h10,12,14,16H,5-9H2,1-4H3. The molecule has 1 unspecified atom stereocenters. The number of rotatable bonds is 10. The van der Waals surface area contributed by atoms with Crippen LogP contribution in [0.2, 0.25) is 0 Å². The number of hydrogen-bond acceptors (Lipinski definition) is 5. The predicted molar refractivity (Wildman–Crippen MR) is 82.1 cm³/mol. The topological polar surface area (TPSA) is 87.5 Å². The first-order chi connectivity index (χ1) is 9.86. The fraction of sp³-hybridized carbons (Fsp3) is 0.769. The fourth-order valence-corrected chi connectivity index (χ4v) is 2.88. The number of nitrogens with zero attached hydrogens (tertiary/aromatic N) is 2. The zero-order chi connectivity index (χ0) is 15.9. The summed E-state index contributed by atoms with van der Waals surface area (Å²) in [6.07, 6.45) is 3.41. The van der Waals surface area contributed by atoms with E-state index in [0.29, 0.717) is 18.2 Å². The maximum absolute atomic E-state index is 12.2. The average molecular weight is 318 g/mol. The summed E-state index contributed by atoms with van der Waals surface area (Å²) in [5.41, 5.74) is 0. The summed E-state index contributed by atoms with van der Waals surface area (Å²) in [7, 11) is -1.97. The number of aryl methyl sites for hydroxylation is 1. The van der Waals surface area contributed by atoms with Gasteiger partial charge in [-0.15, -0.1) is 0 Å². The van der Waals surface area contributed by atoms with Crippen molar-refractivity contribution in [1.82, 2.24) is 19.3 Å². The van der Waals surface area contributed by atoms with Crippen molar-refractivity contribution in [2.24, 2.45) is 0 Å². The number of hydrogen-bond donors (Lipinski definition) is 2. The van der Waals surface area contributed by atoms with Crippen LogP contribution < -0.4 is 10.0 Å². The molecule has 1 aromatic heterocycles. The van der Waals surface area contributed by atoms with Gasteiger partial charge in [0.2, 0.25) is 5.89 Å². The molecule has 0 spiro atoms. The van der Waals surface area contributed by atoms with Crippen LogP contribution in [0, 0.1) is 6.92 Å². The molecule has 2 N–H and O–H groups in total. The van der Waals surface area contributed by atoms with Crippen LogP contribution in [-0.4, -0.2) is 44.4 Å². The third-order valence-electron chi connectivity index (χ3n) is 3.00. The Hall–Kier alpha value is -0.960. The van der Waals surface area contributed by atoms with E-state index in [4.69, 9.17) is 4.42 Å². The molecule has 1 heterocycles. The third-order valence-corrected chi connectivity index (χ3v) is 4.65. The van der Waals surface area contributed by atoms with E-state index in [1.54, 1.807) is 27.1 Å². The Bertz CT molecular complexity index is 515. The summed E-state index contributed by atoms with van der Waals surface area (Å²) in [6.45, 7) is 7.80. The molecule has 21 heavy (non-hydrogen) atoms. The van der Waals surface area contributed by atoms with Crippen molar-refractivity contribution in [1.29, 1.82) is 0 Å². The summed E-state index contributed by atoms with van der Waals surface area (Å²) in [6, 6.07) is -0.496. The lowest BCUT2D eigenvalue weighted by atomic mass is 10.4. The molecule has 0 aliphatic rings. The van der Waals surface area contributed by atoms with Crippen molar-refractivity contribution in [2.75, 3.05) is 26.7 Å². The molecule has 1 aromatic rings. The highest BCUT2D eigenvalue weighted by Gasteiger charge is 2.22. The van der Waals surface area contributed by atoms with Gasteiger partial charge in [0, 0.05) is 13.6 Å². The number of aromatic nitrogens is 1. The summed E-state index contributed by atoms with van der Waals surface area (Å²) in [4.78, 5) is 4.03. The van der Waals surface area contributed by atoms with E-state index in [2.05, 4.69) is 21.9 Å². The van der Waals surface area contributed by atoms with E-state index in [0.717, 1.165) is 25.9 Å². The first-order valence-electron chi connectivity index (χ1n) is 7.23. The van der Waals surface area contributed by atoms with Crippen molar-refractivity contribution in [3.8, 4) is 0 Å². The molecular formula is C13H26N4O3S. The molecular weight excluding hydrogens is 292 g/mol. The minimum absolute atomic E-state index is 0.370. The summed E-state index contributed by atoms with van der Waals surface area (Å²) in [5, 5.41) is 3.24. The zero-order valence-corrected chi connectivity index (χ0v) is 14.0. The van der Waals surface area contributed by atoms with Gasteiger partial charge in [-0.2, -0.15) is 17.4 Å². The average Bonchev–Trinajstić information content (AvgIpc) is 2.84. The molecule has 122 valence electrons. The van der Waals surface area contributed by atoms with Gasteiger partial charge in [0.05, 0.1) is 12.2 Å². The highest BCUT2D eigenvalue weighted by atomic mass is 32.2. The van der Waals surface area contributed by atoms with Gasteiger partial charge in [0.15, 0.2) is 0 Å². The smallest absolute Gasteiger partial charge is 0.279 e. The van der Waals surface area contributed by atoms with Gasteiger partial charge in [-0.25, -0.2) is 4.98 Å². The molecule has 0 aliphatic heterocycles. The predicted octanol–water partition coefficient (Wildman–Crippen LogP) is 1.20. The lowest BCUT2D eigenvalue weighted by molar-refractivity contribution is 0.405. The van der Waals surface area contributed by atoms with E-state index >= 15 is 0 Å². The van der Waals surface area contributed by atoms with E-state index in [1.807, 2.05) is 0 Å². The fourth-order valence-electron chi connectivity index (χ4n) is 1.78. The summed E-state index contributed by atoms with van der Waals surface area (Å²) < 4.78 is 33.5. The van der Waals surface area contributed by atoms with Crippen molar-refractivity contribution in [3.05, 3.63) is 17.8 Å². The molecule has 0 aliphatic carbocycles. The molecule has 0 amide bonds. The van der Waals surface area contributed by atoms with Gasteiger partial charge < -0.3 is 9.73 Å². The minimum Gasteiger partial charge on any atom is -0.444 e. The Balaban J connectivity index is 2.44. The van der Waals surface area contributed by atoms with Crippen molar-refractivity contribution in [2.45, 2.75) is 39.7 Å². The zero-order valence-electron chi connectivity index (χ0n) is 13.2. The van der Waals surface area contributed by atoms with Gasteiger partial charge in [-0.1, -0.05) is 6.92 Å². The van der Waals surface area contributed by atoms with Crippen molar-refractivity contribution in [3.63, 3.8) is 0 Å². The van der Waals surface area contributed by atoms with Crippen LogP contribution in [0.25, 0.3) is 0 Å². The Labute approximate surface area is 127 Å². The van der Waals surface area contributed by atoms with Crippen LogP contribution in [0.15, 0.2) is 10.6 Å². The largest absolute Gasteiger partial charge is 0.444 e. The Kier molecular flexibility index (Phi) is 7.30. The highest BCUT2D eigenvalue weighted by Crippen LogP contribution is 2.13. The molecule has 0 saturated heterocycles. The number of nitrogens with one attached hydrogen (secondary N) is 2. The molecule has 8 heteroatoms. The van der Waals surface area contributed by atoms with Gasteiger partial charge in [-0.3, -0.25) is 0 Å². The van der Waals surface area contributed by atoms with Gasteiger partial charge in [-0.05, 0) is 39.8 Å². The maximum atomic E-state index is 12.2. The monoisotopic (exact) mass is 318 g/mol. The Morgan fingerprint density at radius 3 is 2.71 bits per heavy atom. The number of oxazole rings is 1. The van der Waals surface area contributed by atoms with E-state index in [1.165, 1.54) is 4.31 Å². The molecule has 0 fully saturated rings. The summed E-state index contributed by atoms with van der Waals surface area (Å²) in [5.74, 6) is 1.03. The SMILES string of the molecule is CCCNCCCN(C)S(=O)(=O)NC(C)c1ncc(C)o1. The maximum Gasteiger partial charge on any atom is 0.279 e. The molecule has 0 bridgehead atoms. The third kappa shape index (κ3) is 6.13. The van der Waals surface area contributed by atoms with Gasteiger partial charge >= 0.3 is 0 Å². The van der Waals surface area contributed by atoms with Gasteiger partial charge in [0.1, 0.15) is 5.76 Å². The Morgan fingerprint density at radius 1 is 1.43 bits per heavy atom. The second-order valence-electron chi connectivity index (χ2n) is 5.08. The first kappa shape index (κ1) is 18.1.